The Morgan fingerprint density at radius 2 is 1.83 bits per heavy atom. The first-order chi connectivity index (χ1) is 11.6. The Morgan fingerprint density at radius 1 is 1.12 bits per heavy atom. The summed E-state index contributed by atoms with van der Waals surface area (Å²) in [5.74, 6) is -1.99. The van der Waals surface area contributed by atoms with Crippen LogP contribution in [0.3, 0.4) is 0 Å². The van der Waals surface area contributed by atoms with E-state index in [1.807, 2.05) is 49.5 Å². The maximum absolute atomic E-state index is 12.2. The molecule has 1 aliphatic carbocycles. The van der Waals surface area contributed by atoms with Crippen LogP contribution >= 0.6 is 0 Å². The monoisotopic (exact) mass is 324 g/mol. The van der Waals surface area contributed by atoms with E-state index in [4.69, 9.17) is 5.11 Å². The maximum atomic E-state index is 12.2. The number of amides is 1. The highest BCUT2D eigenvalue weighted by atomic mass is 16.4. The van der Waals surface area contributed by atoms with Gasteiger partial charge in [-0.2, -0.15) is 0 Å². The first-order valence-electron chi connectivity index (χ1n) is 8.10. The number of nitrogens with one attached hydrogen (secondary N) is 1. The van der Waals surface area contributed by atoms with E-state index >= 15 is 0 Å². The molecule has 3 rings (SSSR count). The number of benzene rings is 1. The molecule has 1 heterocycles. The number of carbonyl (C=O) groups is 2. The molecule has 0 bridgehead atoms. The molecule has 0 spiro atoms. The molecule has 1 aliphatic rings. The number of rotatable bonds is 5. The van der Waals surface area contributed by atoms with Crippen LogP contribution in [0.1, 0.15) is 31.4 Å². The zero-order valence-electron chi connectivity index (χ0n) is 13.5. The first kappa shape index (κ1) is 16.2. The molecule has 1 amide bonds. The summed E-state index contributed by atoms with van der Waals surface area (Å²) in [6, 6.07) is 11.7. The van der Waals surface area contributed by atoms with Gasteiger partial charge < -0.3 is 10.4 Å². The van der Waals surface area contributed by atoms with Gasteiger partial charge in [0.1, 0.15) is 0 Å². The molecule has 5 heteroatoms. The van der Waals surface area contributed by atoms with Gasteiger partial charge in [0.2, 0.25) is 5.91 Å². The van der Waals surface area contributed by atoms with Crippen LogP contribution in [0.15, 0.2) is 48.8 Å². The van der Waals surface area contributed by atoms with Gasteiger partial charge in [-0.3, -0.25) is 14.6 Å². The van der Waals surface area contributed by atoms with Crippen molar-refractivity contribution in [3.8, 4) is 11.1 Å². The second kappa shape index (κ2) is 6.83. The van der Waals surface area contributed by atoms with Gasteiger partial charge in [-0.05, 0) is 42.5 Å². The van der Waals surface area contributed by atoms with Crippen LogP contribution in [0, 0.1) is 11.8 Å². The van der Waals surface area contributed by atoms with Gasteiger partial charge >= 0.3 is 5.97 Å². The number of aromatic nitrogens is 1. The average molecular weight is 324 g/mol. The van der Waals surface area contributed by atoms with E-state index in [0.29, 0.717) is 12.8 Å². The minimum absolute atomic E-state index is 0.157. The molecule has 3 atom stereocenters. The summed E-state index contributed by atoms with van der Waals surface area (Å²) in [6.45, 7) is 1.91. The lowest BCUT2D eigenvalue weighted by atomic mass is 9.73. The Bertz CT molecular complexity index is 728. The van der Waals surface area contributed by atoms with Crippen molar-refractivity contribution < 1.29 is 14.7 Å². The average Bonchev–Trinajstić information content (AvgIpc) is 2.54. The lowest BCUT2D eigenvalue weighted by molar-refractivity contribution is -0.152. The smallest absolute Gasteiger partial charge is 0.307 e. The Balaban J connectivity index is 1.64. The Morgan fingerprint density at radius 3 is 2.38 bits per heavy atom. The largest absolute Gasteiger partial charge is 0.481 e. The summed E-state index contributed by atoms with van der Waals surface area (Å²) in [5, 5.41) is 12.0. The second-order valence-electron chi connectivity index (χ2n) is 6.22. The fraction of sp³-hybridized carbons (Fsp3) is 0.316. The van der Waals surface area contributed by atoms with E-state index in [1.165, 1.54) is 0 Å². The SMILES string of the molecule is CC(NC(=O)C1CCC1C(=O)O)c1ccc(-c2cccnc2)cc1. The molecule has 24 heavy (non-hydrogen) atoms. The van der Waals surface area contributed by atoms with Gasteiger partial charge in [0.15, 0.2) is 0 Å². The van der Waals surface area contributed by atoms with E-state index in [2.05, 4.69) is 10.3 Å². The predicted molar refractivity (Wildman–Crippen MR) is 90.1 cm³/mol. The van der Waals surface area contributed by atoms with Crippen molar-refractivity contribution in [3.05, 3.63) is 54.4 Å². The molecule has 1 fully saturated rings. The highest BCUT2D eigenvalue weighted by molar-refractivity contribution is 5.86. The summed E-state index contributed by atoms with van der Waals surface area (Å²) < 4.78 is 0. The summed E-state index contributed by atoms with van der Waals surface area (Å²) in [4.78, 5) is 27.4. The van der Waals surface area contributed by atoms with Gasteiger partial charge in [0.25, 0.3) is 0 Å². The molecule has 2 aromatic rings. The summed E-state index contributed by atoms with van der Waals surface area (Å²) >= 11 is 0. The van der Waals surface area contributed by atoms with Crippen LogP contribution in [0.4, 0.5) is 0 Å². The molecule has 2 N–H and O–H groups in total. The van der Waals surface area contributed by atoms with Crippen molar-refractivity contribution in [3.63, 3.8) is 0 Å². The van der Waals surface area contributed by atoms with Crippen LogP contribution in [0.2, 0.25) is 0 Å². The van der Waals surface area contributed by atoms with E-state index < -0.39 is 17.8 Å². The normalized spacial score (nSPS) is 20.7. The third kappa shape index (κ3) is 3.30. The molecule has 0 aliphatic heterocycles. The highest BCUT2D eigenvalue weighted by Crippen LogP contribution is 2.35. The number of aliphatic carboxylic acids is 1. The fourth-order valence-electron chi connectivity index (χ4n) is 3.01. The van der Waals surface area contributed by atoms with Crippen molar-refractivity contribution in [2.24, 2.45) is 11.8 Å². The molecular weight excluding hydrogens is 304 g/mol. The number of carboxylic acid groups (broad SMARTS) is 1. The van der Waals surface area contributed by atoms with Gasteiger partial charge in [0, 0.05) is 12.4 Å². The maximum Gasteiger partial charge on any atom is 0.307 e. The molecule has 1 saturated carbocycles. The van der Waals surface area contributed by atoms with Crippen molar-refractivity contribution in [1.29, 1.82) is 0 Å². The number of hydrogen-bond donors (Lipinski definition) is 2. The summed E-state index contributed by atoms with van der Waals surface area (Å²) in [7, 11) is 0. The Hall–Kier alpha value is -2.69. The number of nitrogens with zero attached hydrogens (tertiary/aromatic N) is 1. The first-order valence-corrected chi connectivity index (χ1v) is 8.10. The Kier molecular flexibility index (Phi) is 4.60. The molecule has 0 saturated heterocycles. The van der Waals surface area contributed by atoms with Crippen molar-refractivity contribution in [1.82, 2.24) is 10.3 Å². The molecule has 1 aromatic carbocycles. The molecule has 0 radical (unpaired) electrons. The van der Waals surface area contributed by atoms with Crippen LogP contribution in [0.25, 0.3) is 11.1 Å². The van der Waals surface area contributed by atoms with Gasteiger partial charge in [-0.25, -0.2) is 0 Å². The van der Waals surface area contributed by atoms with E-state index in [0.717, 1.165) is 16.7 Å². The third-order valence-corrected chi connectivity index (χ3v) is 4.69. The third-order valence-electron chi connectivity index (χ3n) is 4.69. The topological polar surface area (TPSA) is 79.3 Å². The number of carbonyl (C=O) groups excluding carboxylic acids is 1. The number of pyridine rings is 1. The van der Waals surface area contributed by atoms with E-state index in [9.17, 15) is 9.59 Å². The highest BCUT2D eigenvalue weighted by Gasteiger charge is 2.41. The van der Waals surface area contributed by atoms with Crippen LogP contribution < -0.4 is 5.32 Å². The minimum atomic E-state index is -0.880. The lowest BCUT2D eigenvalue weighted by Crippen LogP contribution is -2.44. The number of hydrogen-bond acceptors (Lipinski definition) is 3. The minimum Gasteiger partial charge on any atom is -0.481 e. The predicted octanol–water partition coefficient (Wildman–Crippen LogP) is 3.04. The summed E-state index contributed by atoms with van der Waals surface area (Å²) in [6.07, 6.45) is 4.78. The van der Waals surface area contributed by atoms with E-state index in [-0.39, 0.29) is 11.9 Å². The summed E-state index contributed by atoms with van der Waals surface area (Å²) in [5.41, 5.74) is 3.09. The van der Waals surface area contributed by atoms with Gasteiger partial charge in [-0.15, -0.1) is 0 Å². The molecular formula is C19H20N2O3. The Labute approximate surface area is 140 Å². The van der Waals surface area contributed by atoms with Crippen molar-refractivity contribution in [2.75, 3.05) is 0 Å². The molecule has 3 unspecified atom stereocenters. The van der Waals surface area contributed by atoms with Crippen LogP contribution in [-0.2, 0) is 9.59 Å². The zero-order chi connectivity index (χ0) is 17.1. The van der Waals surface area contributed by atoms with E-state index in [1.54, 1.807) is 6.20 Å². The molecule has 5 nitrogen and oxygen atoms in total. The zero-order valence-corrected chi connectivity index (χ0v) is 13.5. The standard InChI is InChI=1S/C19H20N2O3/c1-12(21-18(22)16-8-9-17(16)19(23)24)13-4-6-14(7-5-13)15-3-2-10-20-11-15/h2-7,10-12,16-17H,8-9H2,1H3,(H,21,22)(H,23,24). The lowest BCUT2D eigenvalue weighted by Gasteiger charge is -2.33. The van der Waals surface area contributed by atoms with Crippen LogP contribution in [-0.4, -0.2) is 22.0 Å². The fourth-order valence-corrected chi connectivity index (χ4v) is 3.01. The van der Waals surface area contributed by atoms with Crippen LogP contribution in [0.5, 0.6) is 0 Å². The molecule has 1 aromatic heterocycles. The van der Waals surface area contributed by atoms with Gasteiger partial charge in [0.05, 0.1) is 17.9 Å². The molecule has 124 valence electrons. The van der Waals surface area contributed by atoms with Gasteiger partial charge in [-0.1, -0.05) is 30.3 Å². The second-order valence-corrected chi connectivity index (χ2v) is 6.22. The van der Waals surface area contributed by atoms with Crippen molar-refractivity contribution >= 4 is 11.9 Å². The quantitative estimate of drug-likeness (QED) is 0.886. The van der Waals surface area contributed by atoms with Crippen molar-refractivity contribution in [2.45, 2.75) is 25.8 Å². The number of carboxylic acids is 1.